The molecular weight excluding hydrogens is 202 g/mol. The highest BCUT2D eigenvalue weighted by Gasteiger charge is 2.13. The lowest BCUT2D eigenvalue weighted by Crippen LogP contribution is -1.98. The number of thiazole rings is 1. The molecule has 0 fully saturated rings. The molecule has 0 saturated carbocycles. The van der Waals surface area contributed by atoms with Crippen molar-refractivity contribution in [3.05, 3.63) is 15.0 Å². The van der Waals surface area contributed by atoms with Crippen LogP contribution in [-0.2, 0) is 6.42 Å². The minimum Gasteiger partial charge on any atom is -0.230 e. The first-order chi connectivity index (χ1) is 6.00. The lowest BCUT2D eigenvalue weighted by Gasteiger charge is -2.06. The maximum atomic E-state index is 5.90. The van der Waals surface area contributed by atoms with Gasteiger partial charge in [0.2, 0.25) is 0 Å². The topological polar surface area (TPSA) is 12.9 Å². The molecule has 1 aromatic heterocycles. The molecule has 1 nitrogen and oxygen atoms in total. The molecule has 0 N–H and O–H groups in total. The van der Waals surface area contributed by atoms with Gasteiger partial charge in [0.05, 0.1) is 5.69 Å². The molecule has 0 saturated heterocycles. The van der Waals surface area contributed by atoms with E-state index in [0.717, 1.165) is 6.42 Å². The van der Waals surface area contributed by atoms with Gasteiger partial charge in [-0.1, -0.05) is 39.3 Å². The third-order valence-electron chi connectivity index (χ3n) is 1.83. The fraction of sp³-hybridized carbons (Fsp3) is 0.700. The first kappa shape index (κ1) is 11.0. The smallest absolute Gasteiger partial charge is 0.184 e. The van der Waals surface area contributed by atoms with Crippen LogP contribution in [0.1, 0.15) is 44.2 Å². The maximum Gasteiger partial charge on any atom is 0.184 e. The summed E-state index contributed by atoms with van der Waals surface area (Å²) in [4.78, 5) is 5.70. The van der Waals surface area contributed by atoms with E-state index in [0.29, 0.717) is 16.3 Å². The van der Waals surface area contributed by atoms with E-state index < -0.39 is 0 Å². The van der Waals surface area contributed by atoms with E-state index in [9.17, 15) is 0 Å². The Labute approximate surface area is 89.1 Å². The summed E-state index contributed by atoms with van der Waals surface area (Å²) in [5, 5.41) is 0. The summed E-state index contributed by atoms with van der Waals surface area (Å²) in [6, 6.07) is 0. The highest BCUT2D eigenvalue weighted by atomic mass is 35.5. The molecule has 0 bridgehead atoms. The monoisotopic (exact) mass is 217 g/mol. The van der Waals surface area contributed by atoms with Crippen molar-refractivity contribution in [1.29, 1.82) is 0 Å². The Kier molecular flexibility index (Phi) is 3.74. The quantitative estimate of drug-likeness (QED) is 0.743. The molecule has 13 heavy (non-hydrogen) atoms. The minimum absolute atomic E-state index is 0.541. The molecule has 0 atom stereocenters. The summed E-state index contributed by atoms with van der Waals surface area (Å²) in [7, 11) is 0. The SMILES string of the molecule is CC(C)Cc1nc(Cl)sc1C(C)C. The Morgan fingerprint density at radius 2 is 1.92 bits per heavy atom. The number of halogens is 1. The molecule has 0 aliphatic carbocycles. The molecule has 0 radical (unpaired) electrons. The average molecular weight is 218 g/mol. The first-order valence-electron chi connectivity index (χ1n) is 4.65. The molecule has 0 aliphatic heterocycles. The zero-order valence-electron chi connectivity index (χ0n) is 8.60. The van der Waals surface area contributed by atoms with E-state index in [-0.39, 0.29) is 0 Å². The Bertz CT molecular complexity index is 278. The Balaban J connectivity index is 2.91. The maximum absolute atomic E-state index is 5.90. The average Bonchev–Trinajstić information content (AvgIpc) is 2.29. The molecule has 0 aromatic carbocycles. The summed E-state index contributed by atoms with van der Waals surface area (Å²) >= 11 is 7.52. The molecule has 1 aromatic rings. The summed E-state index contributed by atoms with van der Waals surface area (Å²) < 4.78 is 0.680. The largest absolute Gasteiger partial charge is 0.230 e. The zero-order chi connectivity index (χ0) is 10.0. The minimum atomic E-state index is 0.541. The molecule has 0 unspecified atom stereocenters. The van der Waals surface area contributed by atoms with Crippen LogP contribution in [0.15, 0.2) is 0 Å². The van der Waals surface area contributed by atoms with E-state index >= 15 is 0 Å². The number of aromatic nitrogens is 1. The number of hydrogen-bond donors (Lipinski definition) is 0. The lowest BCUT2D eigenvalue weighted by atomic mass is 10.0. The van der Waals surface area contributed by atoms with Gasteiger partial charge in [-0.3, -0.25) is 0 Å². The number of hydrogen-bond acceptors (Lipinski definition) is 2. The van der Waals surface area contributed by atoms with Crippen LogP contribution in [0.25, 0.3) is 0 Å². The Hall–Kier alpha value is -0.0800. The Morgan fingerprint density at radius 3 is 2.38 bits per heavy atom. The second-order valence-electron chi connectivity index (χ2n) is 4.03. The van der Waals surface area contributed by atoms with E-state index in [1.54, 1.807) is 11.3 Å². The van der Waals surface area contributed by atoms with Crippen molar-refractivity contribution in [1.82, 2.24) is 4.98 Å². The van der Waals surface area contributed by atoms with Gasteiger partial charge in [-0.2, -0.15) is 0 Å². The van der Waals surface area contributed by atoms with E-state index in [1.807, 2.05) is 0 Å². The Morgan fingerprint density at radius 1 is 1.31 bits per heavy atom. The summed E-state index contributed by atoms with van der Waals surface area (Å²) in [6.45, 7) is 8.79. The fourth-order valence-electron chi connectivity index (χ4n) is 1.32. The fourth-order valence-corrected chi connectivity index (χ4v) is 2.49. The van der Waals surface area contributed by atoms with Crippen molar-refractivity contribution < 1.29 is 0 Å². The van der Waals surface area contributed by atoms with E-state index in [4.69, 9.17) is 11.6 Å². The van der Waals surface area contributed by atoms with Gasteiger partial charge in [0.1, 0.15) is 0 Å². The number of nitrogens with zero attached hydrogens (tertiary/aromatic N) is 1. The van der Waals surface area contributed by atoms with Crippen LogP contribution in [0.4, 0.5) is 0 Å². The van der Waals surface area contributed by atoms with Crippen LogP contribution >= 0.6 is 22.9 Å². The van der Waals surface area contributed by atoms with Crippen molar-refractivity contribution in [2.75, 3.05) is 0 Å². The highest BCUT2D eigenvalue weighted by Crippen LogP contribution is 2.30. The van der Waals surface area contributed by atoms with Crippen LogP contribution in [0, 0.1) is 5.92 Å². The third kappa shape index (κ3) is 2.96. The molecular formula is C10H16ClNS. The second-order valence-corrected chi connectivity index (χ2v) is 5.64. The van der Waals surface area contributed by atoms with E-state index in [1.165, 1.54) is 10.6 Å². The standard InChI is InChI=1S/C10H16ClNS/c1-6(2)5-8-9(7(3)4)13-10(11)12-8/h6-7H,5H2,1-4H3. The van der Waals surface area contributed by atoms with Crippen LogP contribution in [0.3, 0.4) is 0 Å². The van der Waals surface area contributed by atoms with Gasteiger partial charge in [-0.05, 0) is 18.3 Å². The zero-order valence-corrected chi connectivity index (χ0v) is 10.2. The van der Waals surface area contributed by atoms with Crippen LogP contribution in [-0.4, -0.2) is 4.98 Å². The first-order valence-corrected chi connectivity index (χ1v) is 5.85. The van der Waals surface area contributed by atoms with Crippen molar-refractivity contribution in [3.63, 3.8) is 0 Å². The molecule has 0 aliphatic rings. The van der Waals surface area contributed by atoms with Crippen molar-refractivity contribution >= 4 is 22.9 Å². The van der Waals surface area contributed by atoms with Gasteiger partial charge in [-0.15, -0.1) is 11.3 Å². The summed E-state index contributed by atoms with van der Waals surface area (Å²) in [5.41, 5.74) is 1.19. The molecule has 1 rings (SSSR count). The van der Waals surface area contributed by atoms with Gasteiger partial charge in [0.25, 0.3) is 0 Å². The molecule has 3 heteroatoms. The number of rotatable bonds is 3. The predicted octanol–water partition coefficient (Wildman–Crippen LogP) is 4.12. The van der Waals surface area contributed by atoms with Crippen molar-refractivity contribution in [2.45, 2.75) is 40.0 Å². The van der Waals surface area contributed by atoms with Crippen LogP contribution in [0.5, 0.6) is 0 Å². The molecule has 1 heterocycles. The van der Waals surface area contributed by atoms with Gasteiger partial charge >= 0.3 is 0 Å². The van der Waals surface area contributed by atoms with Gasteiger partial charge < -0.3 is 0 Å². The molecule has 0 spiro atoms. The highest BCUT2D eigenvalue weighted by molar-refractivity contribution is 7.15. The predicted molar refractivity (Wildman–Crippen MR) is 59.8 cm³/mol. The van der Waals surface area contributed by atoms with Gasteiger partial charge in [0.15, 0.2) is 4.47 Å². The normalized spacial score (nSPS) is 11.6. The van der Waals surface area contributed by atoms with Crippen LogP contribution in [0.2, 0.25) is 4.47 Å². The van der Waals surface area contributed by atoms with Gasteiger partial charge in [0, 0.05) is 4.88 Å². The molecule has 0 amide bonds. The summed E-state index contributed by atoms with van der Waals surface area (Å²) in [6.07, 6.45) is 1.04. The third-order valence-corrected chi connectivity index (χ3v) is 3.33. The summed E-state index contributed by atoms with van der Waals surface area (Å²) in [5.74, 6) is 1.19. The van der Waals surface area contributed by atoms with E-state index in [2.05, 4.69) is 32.7 Å². The van der Waals surface area contributed by atoms with Crippen molar-refractivity contribution in [2.24, 2.45) is 5.92 Å². The van der Waals surface area contributed by atoms with Gasteiger partial charge in [-0.25, -0.2) is 4.98 Å². The second kappa shape index (κ2) is 4.43. The molecule has 74 valence electrons. The lowest BCUT2D eigenvalue weighted by molar-refractivity contribution is 0.630. The van der Waals surface area contributed by atoms with Crippen molar-refractivity contribution in [3.8, 4) is 0 Å². The van der Waals surface area contributed by atoms with Crippen LogP contribution < -0.4 is 0 Å².